The number of ether oxygens (including phenoxy) is 2. The van der Waals surface area contributed by atoms with Crippen molar-refractivity contribution in [2.24, 2.45) is 40.4 Å². The molecule has 240 valence electrons. The monoisotopic (exact) mass is 604 g/mol. The van der Waals surface area contributed by atoms with E-state index in [4.69, 9.17) is 9.47 Å². The van der Waals surface area contributed by atoms with Gasteiger partial charge in [0.1, 0.15) is 6.10 Å². The summed E-state index contributed by atoms with van der Waals surface area (Å²) >= 11 is 0. The number of fused-ring (bicyclic) bond motifs is 5. The van der Waals surface area contributed by atoms with Crippen LogP contribution in [0.15, 0.2) is 54.1 Å². The zero-order valence-electron chi connectivity index (χ0n) is 27.2. The normalized spacial score (nSPS) is 48.7. The Balaban J connectivity index is 1.15. The van der Waals surface area contributed by atoms with E-state index in [9.17, 15) is 20.1 Å². The third-order valence-corrected chi connectivity index (χ3v) is 14.2. The van der Waals surface area contributed by atoms with E-state index >= 15 is 0 Å². The van der Waals surface area contributed by atoms with E-state index in [-0.39, 0.29) is 40.8 Å². The van der Waals surface area contributed by atoms with Crippen LogP contribution in [0.1, 0.15) is 91.0 Å². The lowest BCUT2D eigenvalue weighted by Gasteiger charge is -2.61. The molecule has 4 fully saturated rings. The van der Waals surface area contributed by atoms with Gasteiger partial charge in [-0.25, -0.2) is 0 Å². The molecule has 13 atom stereocenters. The van der Waals surface area contributed by atoms with E-state index in [1.807, 2.05) is 6.07 Å². The van der Waals surface area contributed by atoms with Crippen LogP contribution in [-0.2, 0) is 14.3 Å². The largest absolute Gasteiger partial charge is 0.387 e. The molecule has 0 bridgehead atoms. The summed E-state index contributed by atoms with van der Waals surface area (Å²) in [6.45, 7) is 11.5. The second-order valence-corrected chi connectivity index (χ2v) is 16.3. The average molecular weight is 605 g/mol. The van der Waals surface area contributed by atoms with Crippen LogP contribution in [0.25, 0.3) is 0 Å². The van der Waals surface area contributed by atoms with Crippen LogP contribution < -0.4 is 0 Å². The highest BCUT2D eigenvalue weighted by Gasteiger charge is 2.69. The van der Waals surface area contributed by atoms with Gasteiger partial charge >= 0.3 is 0 Å². The van der Waals surface area contributed by atoms with Crippen molar-refractivity contribution in [2.75, 3.05) is 13.2 Å². The van der Waals surface area contributed by atoms with Gasteiger partial charge in [0, 0.05) is 23.9 Å². The summed E-state index contributed by atoms with van der Waals surface area (Å²) in [7, 11) is 0. The second-order valence-electron chi connectivity index (χ2n) is 16.3. The van der Waals surface area contributed by atoms with Crippen LogP contribution in [0, 0.1) is 40.4 Å². The number of rotatable bonds is 4. The fraction of sp³-hybridized carbons (Fsp3) is 0.711. The molecule has 7 rings (SSSR count). The number of aliphatic hydroxyl groups is 3. The van der Waals surface area contributed by atoms with Crippen LogP contribution in [0.3, 0.4) is 0 Å². The molecule has 6 nitrogen and oxygen atoms in total. The molecule has 1 saturated heterocycles. The number of hydrogen-bond acceptors (Lipinski definition) is 6. The third-order valence-electron chi connectivity index (χ3n) is 14.2. The summed E-state index contributed by atoms with van der Waals surface area (Å²) in [5.41, 5.74) is -1.82. The first kappa shape index (κ1) is 30.8. The van der Waals surface area contributed by atoms with Gasteiger partial charge < -0.3 is 24.8 Å². The molecule has 1 aromatic rings. The first-order chi connectivity index (χ1) is 20.8. The Morgan fingerprint density at radius 2 is 1.75 bits per heavy atom. The number of ketones is 1. The molecule has 44 heavy (non-hydrogen) atoms. The van der Waals surface area contributed by atoms with E-state index in [1.54, 1.807) is 13.0 Å². The summed E-state index contributed by atoms with van der Waals surface area (Å²) in [5.74, 6) is 0.425. The zero-order chi connectivity index (χ0) is 31.3. The molecule has 3 N–H and O–H groups in total. The summed E-state index contributed by atoms with van der Waals surface area (Å²) < 4.78 is 12.6. The highest BCUT2D eigenvalue weighted by atomic mass is 16.5. The van der Waals surface area contributed by atoms with E-state index in [2.05, 4.69) is 64.1 Å². The van der Waals surface area contributed by atoms with Crippen LogP contribution in [0.4, 0.5) is 0 Å². The molecule has 13 unspecified atom stereocenters. The van der Waals surface area contributed by atoms with Gasteiger partial charge in [-0.2, -0.15) is 0 Å². The number of carbonyl (C=O) groups is 1. The molecule has 0 aromatic heterocycles. The van der Waals surface area contributed by atoms with E-state index < -0.39 is 34.4 Å². The Kier molecular flexibility index (Phi) is 7.24. The van der Waals surface area contributed by atoms with Gasteiger partial charge in [0.05, 0.1) is 29.5 Å². The minimum Gasteiger partial charge on any atom is -0.387 e. The lowest BCUT2D eigenvalue weighted by atomic mass is 9.45. The first-order valence-corrected chi connectivity index (χ1v) is 17.1. The Hall–Kier alpha value is -1.83. The van der Waals surface area contributed by atoms with E-state index in [0.29, 0.717) is 38.4 Å². The maximum Gasteiger partial charge on any atom is 0.159 e. The predicted molar refractivity (Wildman–Crippen MR) is 169 cm³/mol. The number of hydrogen-bond donors (Lipinski definition) is 3. The molecule has 6 heteroatoms. The van der Waals surface area contributed by atoms with Gasteiger partial charge in [0.2, 0.25) is 0 Å². The Labute approximate surface area is 262 Å². The number of allylic oxidation sites excluding steroid dienone is 1. The Bertz CT molecular complexity index is 1350. The third kappa shape index (κ3) is 4.27. The fourth-order valence-electron chi connectivity index (χ4n) is 10.9. The van der Waals surface area contributed by atoms with Crippen molar-refractivity contribution >= 4 is 5.78 Å². The molecule has 2 heterocycles. The fourth-order valence-corrected chi connectivity index (χ4v) is 10.9. The van der Waals surface area contributed by atoms with E-state index in [1.165, 1.54) is 5.56 Å². The molecular formula is C38H52O6. The van der Waals surface area contributed by atoms with Crippen molar-refractivity contribution in [3.05, 3.63) is 59.7 Å². The van der Waals surface area contributed by atoms with Crippen molar-refractivity contribution in [1.29, 1.82) is 0 Å². The smallest absolute Gasteiger partial charge is 0.159 e. The van der Waals surface area contributed by atoms with Gasteiger partial charge in [-0.15, -0.1) is 0 Å². The summed E-state index contributed by atoms with van der Waals surface area (Å²) in [4.78, 5) is 14.1. The van der Waals surface area contributed by atoms with Crippen molar-refractivity contribution < 1.29 is 29.6 Å². The Morgan fingerprint density at radius 1 is 1.00 bits per heavy atom. The molecule has 0 amide bonds. The van der Waals surface area contributed by atoms with Crippen molar-refractivity contribution in [1.82, 2.24) is 0 Å². The van der Waals surface area contributed by atoms with Crippen LogP contribution in [-0.4, -0.2) is 63.3 Å². The molecule has 0 radical (unpaired) electrons. The van der Waals surface area contributed by atoms with Crippen molar-refractivity contribution in [2.45, 2.75) is 114 Å². The molecule has 6 aliphatic rings. The van der Waals surface area contributed by atoms with Gasteiger partial charge in [-0.3, -0.25) is 4.79 Å². The lowest BCUT2D eigenvalue weighted by molar-refractivity contribution is -0.194. The number of aliphatic hydroxyl groups excluding tert-OH is 1. The highest BCUT2D eigenvalue weighted by Crippen LogP contribution is 2.69. The van der Waals surface area contributed by atoms with Gasteiger partial charge in [0.15, 0.2) is 5.78 Å². The maximum absolute atomic E-state index is 14.1. The van der Waals surface area contributed by atoms with Crippen molar-refractivity contribution in [3.8, 4) is 0 Å². The second kappa shape index (κ2) is 10.3. The van der Waals surface area contributed by atoms with Crippen LogP contribution >= 0.6 is 0 Å². The highest BCUT2D eigenvalue weighted by molar-refractivity contribution is 5.95. The molecule has 4 aliphatic carbocycles. The van der Waals surface area contributed by atoms with Crippen LogP contribution in [0.2, 0.25) is 0 Å². The standard InChI is InChI=1S/C38H52O6/c1-23-21-43-32(24(23)2)33(40)36(5,41)31-13-16-38(42)28-19-30(39)29-20-37(15-11-26(22-44-37)25-9-7-6-8-10-25)18-17-34(29,3)27(28)12-14-35(31,38)4/h6-11,15,19,23-24,26-27,29,31-33,40-42H,12-14,16-18,20-22H2,1-5H3. The Morgan fingerprint density at radius 3 is 2.41 bits per heavy atom. The van der Waals surface area contributed by atoms with E-state index in [0.717, 1.165) is 31.3 Å². The summed E-state index contributed by atoms with van der Waals surface area (Å²) in [6.07, 6.45) is 9.93. The quantitative estimate of drug-likeness (QED) is 0.379. The molecule has 3 saturated carbocycles. The molecule has 1 spiro atoms. The molecule has 1 aromatic carbocycles. The lowest BCUT2D eigenvalue weighted by Crippen LogP contribution is -2.63. The number of benzene rings is 1. The van der Waals surface area contributed by atoms with Gasteiger partial charge in [-0.1, -0.05) is 70.2 Å². The minimum absolute atomic E-state index is 0.107. The predicted octanol–water partition coefficient (Wildman–Crippen LogP) is 5.75. The van der Waals surface area contributed by atoms with Crippen molar-refractivity contribution in [3.63, 3.8) is 0 Å². The maximum atomic E-state index is 14.1. The number of carbonyl (C=O) groups excluding carboxylic acids is 1. The molecule has 2 aliphatic heterocycles. The van der Waals surface area contributed by atoms with Gasteiger partial charge in [0.25, 0.3) is 0 Å². The molecular weight excluding hydrogens is 552 g/mol. The topological polar surface area (TPSA) is 96.2 Å². The minimum atomic E-state index is -1.43. The van der Waals surface area contributed by atoms with Gasteiger partial charge in [-0.05, 0) is 98.2 Å². The van der Waals surface area contributed by atoms with Crippen LogP contribution in [0.5, 0.6) is 0 Å². The summed E-state index contributed by atoms with van der Waals surface area (Å²) in [6, 6.07) is 10.4. The summed E-state index contributed by atoms with van der Waals surface area (Å²) in [5, 5.41) is 36.2. The first-order valence-electron chi connectivity index (χ1n) is 17.1. The SMILES string of the molecule is CC1COC(C(O)C(C)(O)C2CCC3(O)C4=CC(=O)C5CC6(C=CC(c7ccccc7)CO6)CCC5(C)C4CCC23C)C1C. The zero-order valence-corrected chi connectivity index (χ0v) is 27.2. The average Bonchev–Trinajstić information content (AvgIpc) is 3.49.